The summed E-state index contributed by atoms with van der Waals surface area (Å²) in [5, 5.41) is 1.28. The van der Waals surface area contributed by atoms with Crippen LogP contribution >= 0.6 is 0 Å². The number of rotatable bonds is 8. The second-order valence-corrected chi connectivity index (χ2v) is 8.34. The van der Waals surface area contributed by atoms with Gasteiger partial charge in [0, 0.05) is 42.0 Å². The Kier molecular flexibility index (Phi) is 6.05. The van der Waals surface area contributed by atoms with Gasteiger partial charge in [0.05, 0.1) is 0 Å². The summed E-state index contributed by atoms with van der Waals surface area (Å²) in [4.78, 5) is 8.28. The summed E-state index contributed by atoms with van der Waals surface area (Å²) in [6.45, 7) is 8.20. The molecular formula is C26H32N4. The SMILES string of the molecule is CCCCn1ccnc1Cc1ccc2[nH]c(-c3cc(C)cc(C)c3)c(CCN)c2c1. The second kappa shape index (κ2) is 8.88. The monoisotopic (exact) mass is 400 g/mol. The minimum Gasteiger partial charge on any atom is -0.354 e. The Bertz CT molecular complexity index is 1130. The van der Waals surface area contributed by atoms with E-state index in [1.165, 1.54) is 57.3 Å². The molecule has 4 nitrogen and oxygen atoms in total. The molecule has 0 saturated heterocycles. The molecule has 0 aliphatic carbocycles. The van der Waals surface area contributed by atoms with E-state index in [9.17, 15) is 0 Å². The summed E-state index contributed by atoms with van der Waals surface area (Å²) in [5.74, 6) is 1.13. The number of unbranched alkanes of at least 4 members (excludes halogenated alkanes) is 1. The Labute approximate surface area is 179 Å². The third kappa shape index (κ3) is 4.19. The van der Waals surface area contributed by atoms with Crippen LogP contribution in [0.4, 0.5) is 0 Å². The lowest BCUT2D eigenvalue weighted by atomic mass is 9.98. The first-order chi connectivity index (χ1) is 14.6. The normalized spacial score (nSPS) is 11.5. The Hall–Kier alpha value is -2.85. The average molecular weight is 401 g/mol. The van der Waals surface area contributed by atoms with Crippen LogP contribution in [0.3, 0.4) is 0 Å². The third-order valence-electron chi connectivity index (χ3n) is 5.79. The highest BCUT2D eigenvalue weighted by atomic mass is 15.1. The van der Waals surface area contributed by atoms with Gasteiger partial charge in [0.2, 0.25) is 0 Å². The number of H-pyrrole nitrogens is 1. The van der Waals surface area contributed by atoms with Crippen LogP contribution in [0.15, 0.2) is 48.8 Å². The molecule has 0 unspecified atom stereocenters. The van der Waals surface area contributed by atoms with Gasteiger partial charge in [-0.1, -0.05) is 36.6 Å². The summed E-state index contributed by atoms with van der Waals surface area (Å²) in [6.07, 6.45) is 8.09. The maximum absolute atomic E-state index is 6.00. The minimum absolute atomic E-state index is 0.635. The van der Waals surface area contributed by atoms with Crippen molar-refractivity contribution in [1.82, 2.24) is 14.5 Å². The molecule has 0 bridgehead atoms. The number of nitrogens with one attached hydrogen (secondary N) is 1. The van der Waals surface area contributed by atoms with Crippen LogP contribution in [0.1, 0.15) is 47.8 Å². The molecule has 0 spiro atoms. The van der Waals surface area contributed by atoms with Crippen LogP contribution in [0.5, 0.6) is 0 Å². The molecule has 0 fully saturated rings. The number of aryl methyl sites for hydroxylation is 3. The van der Waals surface area contributed by atoms with Gasteiger partial charge in [-0.05, 0) is 74.2 Å². The largest absolute Gasteiger partial charge is 0.354 e. The third-order valence-corrected chi connectivity index (χ3v) is 5.79. The van der Waals surface area contributed by atoms with E-state index < -0.39 is 0 Å². The van der Waals surface area contributed by atoms with Crippen molar-refractivity contribution >= 4 is 10.9 Å². The van der Waals surface area contributed by atoms with E-state index in [1.807, 2.05) is 6.20 Å². The zero-order chi connectivity index (χ0) is 21.1. The number of imidazole rings is 1. The molecule has 0 radical (unpaired) electrons. The molecule has 4 heteroatoms. The number of nitrogens with zero attached hydrogens (tertiary/aromatic N) is 2. The van der Waals surface area contributed by atoms with Gasteiger partial charge in [-0.3, -0.25) is 0 Å². The molecule has 156 valence electrons. The van der Waals surface area contributed by atoms with E-state index in [4.69, 9.17) is 5.73 Å². The first-order valence-corrected chi connectivity index (χ1v) is 11.0. The molecule has 0 atom stereocenters. The van der Waals surface area contributed by atoms with Crippen LogP contribution in [-0.4, -0.2) is 21.1 Å². The number of hydrogen-bond donors (Lipinski definition) is 2. The van der Waals surface area contributed by atoms with E-state index in [-0.39, 0.29) is 0 Å². The molecule has 4 rings (SSSR count). The van der Waals surface area contributed by atoms with E-state index in [0.717, 1.165) is 25.2 Å². The van der Waals surface area contributed by atoms with Crippen LogP contribution in [-0.2, 0) is 19.4 Å². The predicted molar refractivity (Wildman–Crippen MR) is 126 cm³/mol. The maximum Gasteiger partial charge on any atom is 0.113 e. The summed E-state index contributed by atoms with van der Waals surface area (Å²) in [7, 11) is 0. The van der Waals surface area contributed by atoms with Crippen molar-refractivity contribution in [1.29, 1.82) is 0 Å². The van der Waals surface area contributed by atoms with Crippen molar-refractivity contribution in [3.05, 3.63) is 76.9 Å². The Morgan fingerprint density at radius 2 is 1.87 bits per heavy atom. The topological polar surface area (TPSA) is 59.6 Å². The highest BCUT2D eigenvalue weighted by Gasteiger charge is 2.14. The summed E-state index contributed by atoms with van der Waals surface area (Å²) >= 11 is 0. The van der Waals surface area contributed by atoms with Crippen molar-refractivity contribution in [3.63, 3.8) is 0 Å². The second-order valence-electron chi connectivity index (χ2n) is 8.34. The first kappa shape index (κ1) is 20.4. The van der Waals surface area contributed by atoms with Crippen molar-refractivity contribution < 1.29 is 0 Å². The lowest BCUT2D eigenvalue weighted by molar-refractivity contribution is 0.609. The standard InChI is InChI=1S/C26H32N4/c1-4-5-11-30-12-10-28-25(30)17-20-6-7-24-23(16-20)22(8-9-27)26(29-24)21-14-18(2)13-19(3)15-21/h6-7,10,12-16,29H,4-5,8-9,11,17,27H2,1-3H3. The van der Waals surface area contributed by atoms with Gasteiger partial charge in [0.1, 0.15) is 5.82 Å². The molecule has 2 heterocycles. The smallest absolute Gasteiger partial charge is 0.113 e. The van der Waals surface area contributed by atoms with Crippen molar-refractivity contribution in [2.24, 2.45) is 5.73 Å². The number of benzene rings is 2. The number of fused-ring (bicyclic) bond motifs is 1. The fourth-order valence-corrected chi connectivity index (χ4v) is 4.40. The molecule has 4 aromatic rings. The van der Waals surface area contributed by atoms with Gasteiger partial charge < -0.3 is 15.3 Å². The Morgan fingerprint density at radius 3 is 2.60 bits per heavy atom. The van der Waals surface area contributed by atoms with Crippen LogP contribution < -0.4 is 5.73 Å². The van der Waals surface area contributed by atoms with Gasteiger partial charge in [-0.25, -0.2) is 4.98 Å². The molecule has 0 aliphatic heterocycles. The number of aromatic amines is 1. The van der Waals surface area contributed by atoms with Crippen LogP contribution in [0, 0.1) is 13.8 Å². The van der Waals surface area contributed by atoms with Crippen LogP contribution in [0.2, 0.25) is 0 Å². The number of nitrogens with two attached hydrogens (primary N) is 1. The van der Waals surface area contributed by atoms with E-state index in [0.29, 0.717) is 6.54 Å². The van der Waals surface area contributed by atoms with E-state index >= 15 is 0 Å². The highest BCUT2D eigenvalue weighted by Crippen LogP contribution is 2.32. The van der Waals surface area contributed by atoms with Crippen molar-refractivity contribution in [2.45, 2.75) is 53.0 Å². The summed E-state index contributed by atoms with van der Waals surface area (Å²) in [5.41, 5.74) is 14.8. The lowest BCUT2D eigenvalue weighted by Gasteiger charge is -2.08. The van der Waals surface area contributed by atoms with Crippen molar-refractivity contribution in [2.75, 3.05) is 6.54 Å². The van der Waals surface area contributed by atoms with Crippen molar-refractivity contribution in [3.8, 4) is 11.3 Å². The molecule has 0 saturated carbocycles. The van der Waals surface area contributed by atoms with Gasteiger partial charge in [-0.2, -0.15) is 0 Å². The number of hydrogen-bond acceptors (Lipinski definition) is 2. The minimum atomic E-state index is 0.635. The number of aromatic nitrogens is 3. The molecule has 3 N–H and O–H groups in total. The highest BCUT2D eigenvalue weighted by molar-refractivity contribution is 5.91. The van der Waals surface area contributed by atoms with Gasteiger partial charge in [-0.15, -0.1) is 0 Å². The molecule has 2 aromatic heterocycles. The maximum atomic E-state index is 6.00. The zero-order valence-electron chi connectivity index (χ0n) is 18.3. The molecule has 2 aromatic carbocycles. The summed E-state index contributed by atoms with van der Waals surface area (Å²) < 4.78 is 2.28. The zero-order valence-corrected chi connectivity index (χ0v) is 18.3. The van der Waals surface area contributed by atoms with E-state index in [2.05, 4.69) is 77.9 Å². The Morgan fingerprint density at radius 1 is 1.07 bits per heavy atom. The molecular weight excluding hydrogens is 368 g/mol. The molecule has 0 amide bonds. The van der Waals surface area contributed by atoms with Gasteiger partial charge >= 0.3 is 0 Å². The molecule has 0 aliphatic rings. The van der Waals surface area contributed by atoms with Gasteiger partial charge in [0.15, 0.2) is 0 Å². The lowest BCUT2D eigenvalue weighted by Crippen LogP contribution is -2.04. The molecule has 30 heavy (non-hydrogen) atoms. The fraction of sp³-hybridized carbons (Fsp3) is 0.346. The quantitative estimate of drug-likeness (QED) is 0.408. The van der Waals surface area contributed by atoms with Crippen LogP contribution in [0.25, 0.3) is 22.2 Å². The van der Waals surface area contributed by atoms with Gasteiger partial charge in [0.25, 0.3) is 0 Å². The fourth-order valence-electron chi connectivity index (χ4n) is 4.40. The van der Waals surface area contributed by atoms with E-state index in [1.54, 1.807) is 0 Å². The predicted octanol–water partition coefficient (Wildman–Crippen LogP) is 5.54. The Balaban J connectivity index is 1.73. The summed E-state index contributed by atoms with van der Waals surface area (Å²) in [6, 6.07) is 13.5. The first-order valence-electron chi connectivity index (χ1n) is 11.0. The average Bonchev–Trinajstić information content (AvgIpc) is 3.30.